The van der Waals surface area contributed by atoms with E-state index >= 15 is 0 Å². The normalized spacial score (nSPS) is 12.1. The monoisotopic (exact) mass is 409 g/mol. The molecule has 3 aromatic rings. The van der Waals surface area contributed by atoms with Crippen LogP contribution in [0.3, 0.4) is 0 Å². The Morgan fingerprint density at radius 2 is 1.77 bits per heavy atom. The molecule has 3 rings (SSSR count). The lowest BCUT2D eigenvalue weighted by Gasteiger charge is -2.17. The van der Waals surface area contributed by atoms with Gasteiger partial charge in [-0.15, -0.1) is 0 Å². The fraction of sp³-hybridized carbons (Fsp3) is 0.400. The highest BCUT2D eigenvalue weighted by atomic mass is 16.5. The summed E-state index contributed by atoms with van der Waals surface area (Å²) in [6.07, 6.45) is 1.90. The fourth-order valence-corrected chi connectivity index (χ4v) is 3.10. The lowest BCUT2D eigenvalue weighted by molar-refractivity contribution is -0.0127. The van der Waals surface area contributed by atoms with Gasteiger partial charge < -0.3 is 18.6 Å². The maximum atomic E-state index is 5.93. The molecule has 0 fully saturated rings. The van der Waals surface area contributed by atoms with Crippen LogP contribution < -0.4 is 4.74 Å². The number of oxazole rings is 1. The summed E-state index contributed by atoms with van der Waals surface area (Å²) in [7, 11) is 0. The number of aromatic nitrogens is 1. The maximum absolute atomic E-state index is 5.93. The Labute approximate surface area is 179 Å². The van der Waals surface area contributed by atoms with E-state index in [1.807, 2.05) is 56.3 Å². The van der Waals surface area contributed by atoms with Crippen molar-refractivity contribution < 1.29 is 18.6 Å². The van der Waals surface area contributed by atoms with Crippen LogP contribution >= 0.6 is 0 Å². The molecule has 0 amide bonds. The number of rotatable bonds is 12. The number of benzene rings is 2. The van der Waals surface area contributed by atoms with E-state index in [2.05, 4.69) is 24.0 Å². The second-order valence-electron chi connectivity index (χ2n) is 7.18. The summed E-state index contributed by atoms with van der Waals surface area (Å²) < 4.78 is 23.2. The van der Waals surface area contributed by atoms with Crippen molar-refractivity contribution in [2.45, 2.75) is 46.3 Å². The minimum atomic E-state index is 0.0749. The van der Waals surface area contributed by atoms with Gasteiger partial charge in [0.15, 0.2) is 0 Å². The fourth-order valence-electron chi connectivity index (χ4n) is 3.10. The first-order valence-corrected chi connectivity index (χ1v) is 10.6. The van der Waals surface area contributed by atoms with Gasteiger partial charge in [0.05, 0.1) is 12.7 Å². The molecular weight excluding hydrogens is 378 g/mol. The summed E-state index contributed by atoms with van der Waals surface area (Å²) in [6.45, 7) is 8.47. The SMILES string of the molecule is CCCO[C@H](COCC)Cc1ccc(OCc2nc(-c3ccccc3)oc2C)cc1. The first-order valence-electron chi connectivity index (χ1n) is 10.6. The van der Waals surface area contributed by atoms with Gasteiger partial charge in [0, 0.05) is 25.2 Å². The first kappa shape index (κ1) is 22.1. The molecule has 0 aliphatic rings. The van der Waals surface area contributed by atoms with Gasteiger partial charge >= 0.3 is 0 Å². The summed E-state index contributed by atoms with van der Waals surface area (Å²) in [6, 6.07) is 18.0. The maximum Gasteiger partial charge on any atom is 0.226 e. The van der Waals surface area contributed by atoms with Crippen molar-refractivity contribution >= 4 is 0 Å². The number of ether oxygens (including phenoxy) is 3. The predicted octanol–water partition coefficient (Wildman–Crippen LogP) is 5.60. The van der Waals surface area contributed by atoms with Crippen LogP contribution in [0, 0.1) is 6.92 Å². The zero-order chi connectivity index (χ0) is 21.2. The van der Waals surface area contributed by atoms with Crippen LogP contribution in [0.15, 0.2) is 59.0 Å². The Morgan fingerprint density at radius 3 is 2.47 bits per heavy atom. The molecule has 1 atom stereocenters. The van der Waals surface area contributed by atoms with E-state index in [1.54, 1.807) is 0 Å². The highest BCUT2D eigenvalue weighted by Gasteiger charge is 2.13. The second-order valence-corrected chi connectivity index (χ2v) is 7.18. The quantitative estimate of drug-likeness (QED) is 0.389. The van der Waals surface area contributed by atoms with E-state index in [1.165, 1.54) is 5.56 Å². The molecule has 0 saturated heterocycles. The molecule has 5 nitrogen and oxygen atoms in total. The van der Waals surface area contributed by atoms with E-state index in [0.717, 1.165) is 42.2 Å². The molecule has 0 saturated carbocycles. The number of hydrogen-bond donors (Lipinski definition) is 0. The zero-order valence-corrected chi connectivity index (χ0v) is 18.1. The Morgan fingerprint density at radius 1 is 1.00 bits per heavy atom. The molecule has 1 heterocycles. The highest BCUT2D eigenvalue weighted by molar-refractivity contribution is 5.53. The van der Waals surface area contributed by atoms with Gasteiger partial charge in [0.1, 0.15) is 23.8 Å². The van der Waals surface area contributed by atoms with Crippen molar-refractivity contribution in [2.24, 2.45) is 0 Å². The van der Waals surface area contributed by atoms with E-state index in [0.29, 0.717) is 25.7 Å². The van der Waals surface area contributed by atoms with Crippen LogP contribution in [0.25, 0.3) is 11.5 Å². The summed E-state index contributed by atoms with van der Waals surface area (Å²) in [5, 5.41) is 0. The molecule has 160 valence electrons. The number of hydrogen-bond acceptors (Lipinski definition) is 5. The summed E-state index contributed by atoms with van der Waals surface area (Å²) in [5.41, 5.74) is 2.97. The van der Waals surface area contributed by atoms with Crippen molar-refractivity contribution in [3.05, 3.63) is 71.6 Å². The predicted molar refractivity (Wildman–Crippen MR) is 118 cm³/mol. The molecule has 5 heteroatoms. The van der Waals surface area contributed by atoms with Crippen molar-refractivity contribution in [3.8, 4) is 17.2 Å². The third-order valence-electron chi connectivity index (χ3n) is 4.74. The van der Waals surface area contributed by atoms with Crippen LogP contribution in [0.1, 0.15) is 37.3 Å². The van der Waals surface area contributed by atoms with Gasteiger partial charge in [-0.05, 0) is 50.1 Å². The van der Waals surface area contributed by atoms with Crippen LogP contribution in [0.2, 0.25) is 0 Å². The third kappa shape index (κ3) is 6.44. The molecule has 0 aliphatic carbocycles. The van der Waals surface area contributed by atoms with Crippen LogP contribution in [0.4, 0.5) is 0 Å². The van der Waals surface area contributed by atoms with E-state index in [4.69, 9.17) is 18.6 Å². The standard InChI is InChI=1S/C25H31NO4/c1-4-15-28-23(17-27-5-2)16-20-11-13-22(14-12-20)29-18-24-19(3)30-25(26-24)21-9-7-6-8-10-21/h6-14,23H,4-5,15-18H2,1-3H3/t23-/m0/s1. The van der Waals surface area contributed by atoms with Crippen LogP contribution in [-0.4, -0.2) is 30.9 Å². The molecule has 0 spiro atoms. The second kappa shape index (κ2) is 11.5. The summed E-state index contributed by atoms with van der Waals surface area (Å²) in [4.78, 5) is 4.59. The average molecular weight is 410 g/mol. The Bertz CT molecular complexity index is 866. The molecule has 0 aliphatic heterocycles. The molecule has 2 aromatic carbocycles. The van der Waals surface area contributed by atoms with E-state index < -0.39 is 0 Å². The minimum Gasteiger partial charge on any atom is -0.487 e. The summed E-state index contributed by atoms with van der Waals surface area (Å²) >= 11 is 0. The van der Waals surface area contributed by atoms with Crippen LogP contribution in [0.5, 0.6) is 5.75 Å². The Hall–Kier alpha value is -2.63. The Kier molecular flexibility index (Phi) is 8.48. The molecule has 0 radical (unpaired) electrons. The highest BCUT2D eigenvalue weighted by Crippen LogP contribution is 2.23. The molecular formula is C25H31NO4. The minimum absolute atomic E-state index is 0.0749. The molecule has 0 bridgehead atoms. The molecule has 30 heavy (non-hydrogen) atoms. The number of nitrogens with zero attached hydrogens (tertiary/aromatic N) is 1. The smallest absolute Gasteiger partial charge is 0.226 e. The lowest BCUT2D eigenvalue weighted by Crippen LogP contribution is -2.23. The van der Waals surface area contributed by atoms with Gasteiger partial charge in [-0.1, -0.05) is 37.3 Å². The van der Waals surface area contributed by atoms with E-state index in [-0.39, 0.29) is 6.10 Å². The van der Waals surface area contributed by atoms with Crippen molar-refractivity contribution in [1.29, 1.82) is 0 Å². The topological polar surface area (TPSA) is 53.7 Å². The average Bonchev–Trinajstić information content (AvgIpc) is 3.16. The van der Waals surface area contributed by atoms with Crippen molar-refractivity contribution in [3.63, 3.8) is 0 Å². The van der Waals surface area contributed by atoms with Crippen LogP contribution in [-0.2, 0) is 22.5 Å². The lowest BCUT2D eigenvalue weighted by atomic mass is 10.1. The first-order chi connectivity index (χ1) is 14.7. The van der Waals surface area contributed by atoms with Crippen molar-refractivity contribution in [1.82, 2.24) is 4.98 Å². The number of aryl methyl sites for hydroxylation is 1. The van der Waals surface area contributed by atoms with E-state index in [9.17, 15) is 0 Å². The van der Waals surface area contributed by atoms with Gasteiger partial charge in [-0.2, -0.15) is 0 Å². The van der Waals surface area contributed by atoms with Gasteiger partial charge in [0.25, 0.3) is 0 Å². The van der Waals surface area contributed by atoms with Gasteiger partial charge in [-0.25, -0.2) is 4.98 Å². The molecule has 0 unspecified atom stereocenters. The molecule has 0 N–H and O–H groups in total. The Balaban J connectivity index is 1.56. The third-order valence-corrected chi connectivity index (χ3v) is 4.74. The van der Waals surface area contributed by atoms with Crippen molar-refractivity contribution in [2.75, 3.05) is 19.8 Å². The largest absolute Gasteiger partial charge is 0.487 e. The van der Waals surface area contributed by atoms with Gasteiger partial charge in [-0.3, -0.25) is 0 Å². The zero-order valence-electron chi connectivity index (χ0n) is 18.1. The summed E-state index contributed by atoms with van der Waals surface area (Å²) in [5.74, 6) is 2.20. The van der Waals surface area contributed by atoms with Gasteiger partial charge in [0.2, 0.25) is 5.89 Å². The molecule has 1 aromatic heterocycles.